The van der Waals surface area contributed by atoms with E-state index >= 15 is 0 Å². The molecule has 4 rings (SSSR count). The van der Waals surface area contributed by atoms with Crippen molar-refractivity contribution in [1.29, 1.82) is 5.26 Å². The monoisotopic (exact) mass is 315 g/mol. The zero-order chi connectivity index (χ0) is 15.0. The summed E-state index contributed by atoms with van der Waals surface area (Å²) in [6, 6.07) is 8.64. The van der Waals surface area contributed by atoms with Gasteiger partial charge in [-0.05, 0) is 31.0 Å². The van der Waals surface area contributed by atoms with Crippen LogP contribution in [0.15, 0.2) is 18.2 Å². The van der Waals surface area contributed by atoms with Crippen LogP contribution in [-0.4, -0.2) is 30.0 Å². The smallest absolute Gasteiger partial charge is 0.195 e. The van der Waals surface area contributed by atoms with Crippen molar-refractivity contribution in [3.8, 4) is 6.07 Å². The molecule has 2 fully saturated rings. The van der Waals surface area contributed by atoms with Gasteiger partial charge in [-0.1, -0.05) is 0 Å². The van der Waals surface area contributed by atoms with Gasteiger partial charge in [0.25, 0.3) is 0 Å². The van der Waals surface area contributed by atoms with Gasteiger partial charge < -0.3 is 14.8 Å². The van der Waals surface area contributed by atoms with Crippen molar-refractivity contribution in [2.24, 2.45) is 0 Å². The molecule has 1 aliphatic heterocycles. The van der Waals surface area contributed by atoms with Crippen LogP contribution in [0, 0.1) is 11.3 Å². The average molecular weight is 315 g/mol. The second-order valence-electron chi connectivity index (χ2n) is 5.84. The van der Waals surface area contributed by atoms with E-state index in [0.717, 1.165) is 54.8 Å². The van der Waals surface area contributed by atoms with E-state index in [0.29, 0.717) is 11.0 Å². The van der Waals surface area contributed by atoms with Crippen molar-refractivity contribution in [2.75, 3.05) is 18.5 Å². The van der Waals surface area contributed by atoms with Crippen molar-refractivity contribution < 1.29 is 9.47 Å². The highest BCUT2D eigenvalue weighted by Gasteiger charge is 2.40. The molecule has 2 aromatic rings. The van der Waals surface area contributed by atoms with E-state index in [9.17, 15) is 0 Å². The van der Waals surface area contributed by atoms with E-state index in [2.05, 4.69) is 22.4 Å². The fourth-order valence-corrected chi connectivity index (χ4v) is 4.09. The number of benzene rings is 1. The van der Waals surface area contributed by atoms with Crippen LogP contribution < -0.4 is 5.32 Å². The van der Waals surface area contributed by atoms with E-state index in [1.54, 1.807) is 0 Å². The molecule has 0 radical (unpaired) electrons. The van der Waals surface area contributed by atoms with Gasteiger partial charge >= 0.3 is 0 Å². The maximum Gasteiger partial charge on any atom is 0.195 e. The van der Waals surface area contributed by atoms with Crippen LogP contribution in [0.25, 0.3) is 10.2 Å². The van der Waals surface area contributed by atoms with Gasteiger partial charge in [0, 0.05) is 24.6 Å². The lowest BCUT2D eigenvalue weighted by atomic mass is 9.90. The Balaban J connectivity index is 1.44. The zero-order valence-corrected chi connectivity index (χ0v) is 13.0. The predicted octanol–water partition coefficient (Wildman–Crippen LogP) is 3.27. The van der Waals surface area contributed by atoms with Crippen LogP contribution in [0.1, 0.15) is 30.7 Å². The number of nitrogens with zero attached hydrogens (tertiary/aromatic N) is 2. The molecule has 0 bridgehead atoms. The van der Waals surface area contributed by atoms with Gasteiger partial charge in [-0.3, -0.25) is 0 Å². The molecule has 1 aromatic heterocycles. The molecule has 1 saturated heterocycles. The highest BCUT2D eigenvalue weighted by molar-refractivity contribution is 7.19. The number of rotatable bonds is 2. The van der Waals surface area contributed by atoms with Crippen molar-refractivity contribution in [3.05, 3.63) is 23.2 Å². The SMILES string of the molecule is N#Cc1nc2ccc(NC3CCC4(CC3)OCCO4)cc2s1. The maximum absolute atomic E-state index is 8.93. The summed E-state index contributed by atoms with van der Waals surface area (Å²) in [5, 5.41) is 13.0. The van der Waals surface area contributed by atoms with Gasteiger partial charge in [-0.25, -0.2) is 4.98 Å². The quantitative estimate of drug-likeness (QED) is 0.921. The van der Waals surface area contributed by atoms with Gasteiger partial charge in [0.15, 0.2) is 10.8 Å². The molecule has 6 heteroatoms. The van der Waals surface area contributed by atoms with Gasteiger partial charge in [-0.15, -0.1) is 11.3 Å². The van der Waals surface area contributed by atoms with Gasteiger partial charge in [0.05, 0.1) is 23.4 Å². The predicted molar refractivity (Wildman–Crippen MR) is 84.8 cm³/mol. The number of nitriles is 1. The molecule has 0 atom stereocenters. The molecular weight excluding hydrogens is 298 g/mol. The van der Waals surface area contributed by atoms with Crippen molar-refractivity contribution in [2.45, 2.75) is 37.5 Å². The Morgan fingerprint density at radius 2 is 2.05 bits per heavy atom. The summed E-state index contributed by atoms with van der Waals surface area (Å²) in [4.78, 5) is 4.26. The number of fused-ring (bicyclic) bond motifs is 1. The third kappa shape index (κ3) is 2.56. The van der Waals surface area contributed by atoms with E-state index < -0.39 is 0 Å². The lowest BCUT2D eigenvalue weighted by Crippen LogP contribution is -2.39. The molecule has 1 aliphatic carbocycles. The minimum atomic E-state index is -0.304. The van der Waals surface area contributed by atoms with Crippen LogP contribution in [0.3, 0.4) is 0 Å². The summed E-state index contributed by atoms with van der Waals surface area (Å²) >= 11 is 1.44. The average Bonchev–Trinajstić information content (AvgIpc) is 3.16. The fourth-order valence-electron chi connectivity index (χ4n) is 3.29. The molecule has 1 spiro atoms. The maximum atomic E-state index is 8.93. The first kappa shape index (κ1) is 13.9. The molecule has 2 aliphatic rings. The lowest BCUT2D eigenvalue weighted by Gasteiger charge is -2.36. The van der Waals surface area contributed by atoms with E-state index in [-0.39, 0.29) is 5.79 Å². The summed E-state index contributed by atoms with van der Waals surface area (Å²) in [7, 11) is 0. The van der Waals surface area contributed by atoms with Crippen LogP contribution in [0.2, 0.25) is 0 Å². The molecule has 5 nitrogen and oxygen atoms in total. The van der Waals surface area contributed by atoms with Crippen LogP contribution >= 0.6 is 11.3 Å². The highest BCUT2D eigenvalue weighted by Crippen LogP contribution is 2.37. The van der Waals surface area contributed by atoms with Gasteiger partial charge in [-0.2, -0.15) is 5.26 Å². The molecule has 1 aromatic carbocycles. The second kappa shape index (κ2) is 5.51. The Morgan fingerprint density at radius 1 is 1.27 bits per heavy atom. The summed E-state index contributed by atoms with van der Waals surface area (Å²) in [5.41, 5.74) is 1.98. The lowest BCUT2D eigenvalue weighted by molar-refractivity contribution is -0.177. The number of ether oxygens (including phenoxy) is 2. The molecule has 0 unspecified atom stereocenters. The molecular formula is C16H17N3O2S. The third-order valence-electron chi connectivity index (χ3n) is 4.42. The summed E-state index contributed by atoms with van der Waals surface area (Å²) in [6.45, 7) is 1.45. The summed E-state index contributed by atoms with van der Waals surface area (Å²) in [6.07, 6.45) is 3.99. The highest BCUT2D eigenvalue weighted by atomic mass is 32.1. The first-order chi connectivity index (χ1) is 10.8. The Labute approximate surface area is 132 Å². The van der Waals surface area contributed by atoms with Crippen LogP contribution in [0.4, 0.5) is 5.69 Å². The largest absolute Gasteiger partial charge is 0.382 e. The number of nitrogens with one attached hydrogen (secondary N) is 1. The minimum Gasteiger partial charge on any atom is -0.382 e. The first-order valence-electron chi connectivity index (χ1n) is 7.61. The van der Waals surface area contributed by atoms with Crippen LogP contribution in [-0.2, 0) is 9.47 Å². The molecule has 1 saturated carbocycles. The topological polar surface area (TPSA) is 67.2 Å². The summed E-state index contributed by atoms with van der Waals surface area (Å²) in [5.74, 6) is -0.304. The molecule has 0 amide bonds. The molecule has 2 heterocycles. The van der Waals surface area contributed by atoms with Crippen molar-refractivity contribution in [3.63, 3.8) is 0 Å². The first-order valence-corrected chi connectivity index (χ1v) is 8.43. The third-order valence-corrected chi connectivity index (χ3v) is 5.34. The van der Waals surface area contributed by atoms with E-state index in [1.807, 2.05) is 12.1 Å². The Hall–Kier alpha value is -1.68. The van der Waals surface area contributed by atoms with Gasteiger partial charge in [0.2, 0.25) is 0 Å². The fraction of sp³-hybridized carbons (Fsp3) is 0.500. The summed E-state index contributed by atoms with van der Waals surface area (Å²) < 4.78 is 12.6. The normalized spacial score (nSPS) is 21.2. The van der Waals surface area contributed by atoms with Crippen molar-refractivity contribution >= 4 is 27.2 Å². The Bertz CT molecular complexity index is 721. The number of anilines is 1. The Kier molecular flexibility index (Phi) is 3.49. The molecule has 22 heavy (non-hydrogen) atoms. The number of aromatic nitrogens is 1. The number of hydrogen-bond acceptors (Lipinski definition) is 6. The van der Waals surface area contributed by atoms with Crippen LogP contribution in [0.5, 0.6) is 0 Å². The molecule has 1 N–H and O–H groups in total. The van der Waals surface area contributed by atoms with E-state index in [4.69, 9.17) is 14.7 Å². The number of thiazole rings is 1. The molecule has 114 valence electrons. The Morgan fingerprint density at radius 3 is 2.77 bits per heavy atom. The number of hydrogen-bond donors (Lipinski definition) is 1. The van der Waals surface area contributed by atoms with Crippen molar-refractivity contribution in [1.82, 2.24) is 4.98 Å². The van der Waals surface area contributed by atoms with E-state index in [1.165, 1.54) is 11.3 Å². The zero-order valence-electron chi connectivity index (χ0n) is 12.2. The standard InChI is InChI=1S/C16H17N3O2S/c17-10-15-19-13-2-1-12(9-14(13)22-15)18-11-3-5-16(6-4-11)20-7-8-21-16/h1-2,9,11,18H,3-8H2. The second-order valence-corrected chi connectivity index (χ2v) is 6.87. The minimum absolute atomic E-state index is 0.304. The van der Waals surface area contributed by atoms with Gasteiger partial charge in [0.1, 0.15) is 6.07 Å².